The van der Waals surface area contributed by atoms with Crippen molar-refractivity contribution >= 4 is 33.2 Å². The van der Waals surface area contributed by atoms with Crippen molar-refractivity contribution in [2.24, 2.45) is 5.41 Å². The van der Waals surface area contributed by atoms with Crippen molar-refractivity contribution in [2.45, 2.75) is 11.8 Å². The van der Waals surface area contributed by atoms with E-state index in [2.05, 4.69) is 9.71 Å². The van der Waals surface area contributed by atoms with E-state index in [1.54, 1.807) is 0 Å². The molecule has 1 saturated heterocycles. The fraction of sp³-hybridized carbons (Fsp3) is 0.500. The average molecular weight is 311 g/mol. The van der Waals surface area contributed by atoms with Gasteiger partial charge in [0.25, 0.3) is 0 Å². The van der Waals surface area contributed by atoms with Crippen molar-refractivity contribution in [3.8, 4) is 0 Å². The monoisotopic (exact) mass is 310 g/mol. The molecule has 0 amide bonds. The molecule has 18 heavy (non-hydrogen) atoms. The summed E-state index contributed by atoms with van der Waals surface area (Å²) in [5.74, 6) is 0. The number of hydrogen-bond acceptors (Lipinski definition) is 4. The van der Waals surface area contributed by atoms with E-state index in [1.165, 1.54) is 12.3 Å². The second-order valence-electron chi connectivity index (χ2n) is 4.57. The van der Waals surface area contributed by atoms with Crippen LogP contribution >= 0.6 is 23.2 Å². The van der Waals surface area contributed by atoms with Gasteiger partial charge in [-0.3, -0.25) is 0 Å². The molecular weight excluding hydrogens is 299 g/mol. The summed E-state index contributed by atoms with van der Waals surface area (Å²) >= 11 is 11.4. The smallest absolute Gasteiger partial charge is 0.242 e. The fourth-order valence-electron chi connectivity index (χ4n) is 1.46. The Bertz CT molecular complexity index is 558. The van der Waals surface area contributed by atoms with Crippen LogP contribution in [0.2, 0.25) is 10.2 Å². The minimum absolute atomic E-state index is 0.000687. The maximum Gasteiger partial charge on any atom is 0.242 e. The second kappa shape index (κ2) is 4.94. The van der Waals surface area contributed by atoms with Crippen LogP contribution in [0.3, 0.4) is 0 Å². The molecule has 1 N–H and O–H groups in total. The van der Waals surface area contributed by atoms with Crippen LogP contribution in [0.15, 0.2) is 17.2 Å². The number of halogens is 2. The average Bonchev–Trinajstić information content (AvgIpc) is 2.27. The lowest BCUT2D eigenvalue weighted by molar-refractivity contribution is -0.0965. The van der Waals surface area contributed by atoms with E-state index in [0.717, 1.165) is 0 Å². The Morgan fingerprint density at radius 2 is 2.17 bits per heavy atom. The molecule has 1 aromatic rings. The summed E-state index contributed by atoms with van der Waals surface area (Å²) in [7, 11) is -3.62. The van der Waals surface area contributed by atoms with Crippen LogP contribution < -0.4 is 4.72 Å². The van der Waals surface area contributed by atoms with Gasteiger partial charge in [-0.15, -0.1) is 0 Å². The van der Waals surface area contributed by atoms with Gasteiger partial charge in [0.05, 0.1) is 18.2 Å². The molecule has 1 aliphatic heterocycles. The molecule has 0 aliphatic carbocycles. The maximum absolute atomic E-state index is 12.0. The Hall–Kier alpha value is -0.400. The number of nitrogens with zero attached hydrogens (tertiary/aromatic N) is 1. The van der Waals surface area contributed by atoms with Crippen molar-refractivity contribution in [2.75, 3.05) is 19.8 Å². The van der Waals surface area contributed by atoms with Crippen LogP contribution in [0.5, 0.6) is 0 Å². The van der Waals surface area contributed by atoms with Gasteiger partial charge < -0.3 is 4.74 Å². The number of rotatable bonds is 4. The largest absolute Gasteiger partial charge is 0.380 e. The molecular formula is C10H12Cl2N2O3S. The zero-order chi connectivity index (χ0) is 13.4. The Kier molecular flexibility index (Phi) is 3.85. The molecule has 2 heterocycles. The Labute approximate surface area is 116 Å². The van der Waals surface area contributed by atoms with Crippen LogP contribution in [-0.4, -0.2) is 33.2 Å². The van der Waals surface area contributed by atoms with Crippen LogP contribution in [-0.2, 0) is 14.8 Å². The number of nitrogens with one attached hydrogen (secondary N) is 1. The lowest BCUT2D eigenvalue weighted by atomic mass is 9.89. The molecule has 0 atom stereocenters. The molecule has 0 aromatic carbocycles. The van der Waals surface area contributed by atoms with Gasteiger partial charge in [0.2, 0.25) is 10.0 Å². The zero-order valence-corrected chi connectivity index (χ0v) is 11.9. The summed E-state index contributed by atoms with van der Waals surface area (Å²) in [4.78, 5) is 3.71. The summed E-state index contributed by atoms with van der Waals surface area (Å²) < 4.78 is 31.6. The van der Waals surface area contributed by atoms with Gasteiger partial charge in [-0.05, 0) is 6.07 Å². The fourth-order valence-corrected chi connectivity index (χ4v) is 2.96. The third-order valence-electron chi connectivity index (χ3n) is 2.67. The Morgan fingerprint density at radius 1 is 1.50 bits per heavy atom. The minimum Gasteiger partial charge on any atom is -0.380 e. The number of hydrogen-bond donors (Lipinski definition) is 1. The lowest BCUT2D eigenvalue weighted by Crippen LogP contribution is -2.48. The molecule has 1 aromatic heterocycles. The van der Waals surface area contributed by atoms with E-state index in [0.29, 0.717) is 19.8 Å². The standard InChI is InChI=1S/C10H12Cl2N2O3S/c1-10(5-17-6-10)4-14-18(15,16)7-2-8(11)9(12)13-3-7/h2-3,14H,4-6H2,1H3. The van der Waals surface area contributed by atoms with E-state index >= 15 is 0 Å². The molecule has 100 valence electrons. The molecule has 0 radical (unpaired) electrons. The van der Waals surface area contributed by atoms with Crippen LogP contribution in [0.1, 0.15) is 6.92 Å². The van der Waals surface area contributed by atoms with Gasteiger partial charge in [0.15, 0.2) is 0 Å². The third-order valence-corrected chi connectivity index (χ3v) is 4.73. The summed E-state index contributed by atoms with van der Waals surface area (Å²) in [6.45, 7) is 3.37. The predicted molar refractivity (Wildman–Crippen MR) is 68.4 cm³/mol. The second-order valence-corrected chi connectivity index (χ2v) is 7.10. The maximum atomic E-state index is 12.0. The highest BCUT2D eigenvalue weighted by Gasteiger charge is 2.34. The first-order chi connectivity index (χ1) is 8.32. The van der Waals surface area contributed by atoms with Gasteiger partial charge in [0.1, 0.15) is 10.0 Å². The van der Waals surface area contributed by atoms with Crippen LogP contribution in [0.25, 0.3) is 0 Å². The quantitative estimate of drug-likeness (QED) is 0.860. The van der Waals surface area contributed by atoms with E-state index in [1.807, 2.05) is 6.92 Å². The molecule has 2 rings (SSSR count). The number of ether oxygens (including phenoxy) is 1. The number of aromatic nitrogens is 1. The zero-order valence-electron chi connectivity index (χ0n) is 9.61. The highest BCUT2D eigenvalue weighted by molar-refractivity contribution is 7.89. The minimum atomic E-state index is -3.62. The van der Waals surface area contributed by atoms with Gasteiger partial charge in [-0.2, -0.15) is 0 Å². The number of sulfonamides is 1. The van der Waals surface area contributed by atoms with Crippen molar-refractivity contribution in [1.82, 2.24) is 9.71 Å². The summed E-state index contributed by atoms with van der Waals surface area (Å²) in [5, 5.41) is 0.188. The summed E-state index contributed by atoms with van der Waals surface area (Å²) in [5.41, 5.74) is -0.142. The third kappa shape index (κ3) is 2.95. The first-order valence-electron chi connectivity index (χ1n) is 5.21. The van der Waals surface area contributed by atoms with Gasteiger partial charge >= 0.3 is 0 Å². The lowest BCUT2D eigenvalue weighted by Gasteiger charge is -2.37. The van der Waals surface area contributed by atoms with Crippen molar-refractivity contribution in [1.29, 1.82) is 0 Å². The van der Waals surface area contributed by atoms with E-state index < -0.39 is 10.0 Å². The molecule has 0 unspecified atom stereocenters. The van der Waals surface area contributed by atoms with E-state index in [4.69, 9.17) is 27.9 Å². The molecule has 1 fully saturated rings. The van der Waals surface area contributed by atoms with Crippen molar-refractivity contribution in [3.63, 3.8) is 0 Å². The predicted octanol–water partition coefficient (Wildman–Crippen LogP) is 1.70. The summed E-state index contributed by atoms with van der Waals surface area (Å²) in [6.07, 6.45) is 1.18. The van der Waals surface area contributed by atoms with Crippen molar-refractivity contribution < 1.29 is 13.2 Å². The Balaban J connectivity index is 2.12. The first kappa shape index (κ1) is 14.0. The molecule has 0 spiro atoms. The Morgan fingerprint density at radius 3 is 2.67 bits per heavy atom. The topological polar surface area (TPSA) is 68.3 Å². The first-order valence-corrected chi connectivity index (χ1v) is 7.45. The van der Waals surface area contributed by atoms with Gasteiger partial charge in [-0.1, -0.05) is 30.1 Å². The molecule has 5 nitrogen and oxygen atoms in total. The normalized spacial score (nSPS) is 18.4. The molecule has 8 heteroatoms. The van der Waals surface area contributed by atoms with E-state index in [-0.39, 0.29) is 20.5 Å². The van der Waals surface area contributed by atoms with Gasteiger partial charge in [0, 0.05) is 18.2 Å². The SMILES string of the molecule is CC1(CNS(=O)(=O)c2cnc(Cl)c(Cl)c2)COC1. The molecule has 1 aliphatic rings. The number of pyridine rings is 1. The van der Waals surface area contributed by atoms with Crippen LogP contribution in [0, 0.1) is 5.41 Å². The highest BCUT2D eigenvalue weighted by Crippen LogP contribution is 2.26. The van der Waals surface area contributed by atoms with E-state index in [9.17, 15) is 8.42 Å². The summed E-state index contributed by atoms with van der Waals surface area (Å²) in [6, 6.07) is 1.28. The van der Waals surface area contributed by atoms with Gasteiger partial charge in [-0.25, -0.2) is 18.1 Å². The molecule has 0 saturated carbocycles. The highest BCUT2D eigenvalue weighted by atomic mass is 35.5. The molecule has 0 bridgehead atoms. The van der Waals surface area contributed by atoms with Crippen LogP contribution in [0.4, 0.5) is 0 Å². The van der Waals surface area contributed by atoms with Crippen molar-refractivity contribution in [3.05, 3.63) is 22.4 Å².